The van der Waals surface area contributed by atoms with E-state index in [9.17, 15) is 14.0 Å². The van der Waals surface area contributed by atoms with E-state index in [4.69, 9.17) is 20.9 Å². The van der Waals surface area contributed by atoms with Crippen molar-refractivity contribution < 1.29 is 18.4 Å². The van der Waals surface area contributed by atoms with Crippen LogP contribution in [-0.2, 0) is 4.74 Å². The minimum absolute atomic E-state index is 0.0335. The summed E-state index contributed by atoms with van der Waals surface area (Å²) in [6, 6.07) is 2.40. The predicted octanol–water partition coefficient (Wildman–Crippen LogP) is 2.34. The van der Waals surface area contributed by atoms with Gasteiger partial charge in [0.2, 0.25) is 11.3 Å². The molecule has 0 aliphatic carbocycles. The van der Waals surface area contributed by atoms with Crippen LogP contribution in [0.4, 0.5) is 4.39 Å². The number of nitrogens with zero attached hydrogens (tertiary/aromatic N) is 3. The van der Waals surface area contributed by atoms with Gasteiger partial charge in [-0.2, -0.15) is 0 Å². The first-order valence-electron chi connectivity index (χ1n) is 6.52. The summed E-state index contributed by atoms with van der Waals surface area (Å²) in [5.74, 6) is -1.53. The summed E-state index contributed by atoms with van der Waals surface area (Å²) in [6.45, 7) is 1.70. The molecule has 0 amide bonds. The fourth-order valence-electron chi connectivity index (χ4n) is 2.06. The second kappa shape index (κ2) is 5.81. The Kier molecular flexibility index (Phi) is 3.83. The van der Waals surface area contributed by atoms with Crippen molar-refractivity contribution in [1.82, 2.24) is 14.7 Å². The summed E-state index contributed by atoms with van der Waals surface area (Å²) in [5.41, 5.74) is -0.956. The Balaban J connectivity index is 2.40. The van der Waals surface area contributed by atoms with Crippen LogP contribution in [0.5, 0.6) is 0 Å². The molecule has 0 atom stereocenters. The smallest absolute Gasteiger partial charge is 0.343 e. The molecule has 0 aromatic carbocycles. The second-order valence-corrected chi connectivity index (χ2v) is 4.80. The van der Waals surface area contributed by atoms with Crippen LogP contribution in [-0.4, -0.2) is 27.3 Å². The highest BCUT2D eigenvalue weighted by Gasteiger charge is 2.20. The van der Waals surface area contributed by atoms with E-state index in [0.29, 0.717) is 0 Å². The Morgan fingerprint density at radius 1 is 1.52 bits per heavy atom. The molecule has 0 aliphatic rings. The number of hydrogen-bond donors (Lipinski definition) is 0. The molecule has 0 N–H and O–H groups in total. The summed E-state index contributed by atoms with van der Waals surface area (Å²) >= 11 is 5.69. The fraction of sp³-hybridized carbons (Fsp3) is 0.143. The summed E-state index contributed by atoms with van der Waals surface area (Å²) in [5, 5.41) is 3.01. The molecular weight excluding hydrogens is 329 g/mol. The number of aromatic nitrogens is 3. The van der Waals surface area contributed by atoms with Crippen LogP contribution in [0.2, 0.25) is 5.15 Å². The Morgan fingerprint density at radius 3 is 2.96 bits per heavy atom. The van der Waals surface area contributed by atoms with E-state index in [1.807, 2.05) is 0 Å². The standard InChI is InChI=1S/C14H9ClFN3O4/c1-2-22-14(21)8-6-19(10-3-4-17-23-10)13-7(11(8)20)5-9(16)12(15)18-13/h3-6H,2H2,1H3. The maximum Gasteiger partial charge on any atom is 0.343 e. The molecule has 118 valence electrons. The van der Waals surface area contributed by atoms with Gasteiger partial charge in [-0.05, 0) is 13.0 Å². The van der Waals surface area contributed by atoms with Gasteiger partial charge in [0.1, 0.15) is 5.56 Å². The summed E-state index contributed by atoms with van der Waals surface area (Å²) in [6.07, 6.45) is 2.57. The number of carbonyl (C=O) groups excluding carboxylic acids is 1. The Labute approximate surface area is 133 Å². The Bertz CT molecular complexity index is 953. The number of halogens is 2. The van der Waals surface area contributed by atoms with Gasteiger partial charge in [-0.3, -0.25) is 9.36 Å². The minimum Gasteiger partial charge on any atom is -0.462 e. The van der Waals surface area contributed by atoms with Crippen molar-refractivity contribution in [1.29, 1.82) is 0 Å². The van der Waals surface area contributed by atoms with Crippen molar-refractivity contribution in [3.05, 3.63) is 51.3 Å². The molecular formula is C14H9ClFN3O4. The zero-order chi connectivity index (χ0) is 16.6. The highest BCUT2D eigenvalue weighted by molar-refractivity contribution is 6.29. The maximum atomic E-state index is 13.7. The molecule has 0 unspecified atom stereocenters. The minimum atomic E-state index is -0.874. The lowest BCUT2D eigenvalue weighted by Crippen LogP contribution is -2.21. The maximum absolute atomic E-state index is 13.7. The van der Waals surface area contributed by atoms with Gasteiger partial charge in [0.05, 0.1) is 18.2 Å². The van der Waals surface area contributed by atoms with Crippen molar-refractivity contribution in [3.63, 3.8) is 0 Å². The third-order valence-corrected chi connectivity index (χ3v) is 3.31. The number of esters is 1. The van der Waals surface area contributed by atoms with Crippen LogP contribution in [0, 0.1) is 5.82 Å². The fourth-order valence-corrected chi connectivity index (χ4v) is 2.19. The number of rotatable bonds is 3. The molecule has 3 rings (SSSR count). The molecule has 7 nitrogen and oxygen atoms in total. The molecule has 0 saturated carbocycles. The zero-order valence-electron chi connectivity index (χ0n) is 11.7. The molecule has 23 heavy (non-hydrogen) atoms. The van der Waals surface area contributed by atoms with E-state index >= 15 is 0 Å². The van der Waals surface area contributed by atoms with Crippen molar-refractivity contribution in [2.45, 2.75) is 6.92 Å². The van der Waals surface area contributed by atoms with Gasteiger partial charge >= 0.3 is 5.97 Å². The lowest BCUT2D eigenvalue weighted by atomic mass is 10.2. The van der Waals surface area contributed by atoms with Crippen LogP contribution in [0.25, 0.3) is 16.9 Å². The average molecular weight is 338 g/mol. The van der Waals surface area contributed by atoms with Crippen LogP contribution >= 0.6 is 11.6 Å². The molecule has 0 fully saturated rings. The molecule has 3 aromatic heterocycles. The van der Waals surface area contributed by atoms with Crippen molar-refractivity contribution in [2.24, 2.45) is 0 Å². The van der Waals surface area contributed by atoms with E-state index in [1.54, 1.807) is 6.92 Å². The van der Waals surface area contributed by atoms with Crippen LogP contribution in [0.15, 0.2) is 33.8 Å². The molecule has 3 aromatic rings. The van der Waals surface area contributed by atoms with E-state index in [2.05, 4.69) is 10.1 Å². The van der Waals surface area contributed by atoms with Gasteiger partial charge < -0.3 is 9.26 Å². The Hall–Kier alpha value is -2.74. The van der Waals surface area contributed by atoms with E-state index in [0.717, 1.165) is 6.07 Å². The summed E-state index contributed by atoms with van der Waals surface area (Å²) in [7, 11) is 0. The Morgan fingerprint density at radius 2 is 2.30 bits per heavy atom. The van der Waals surface area contributed by atoms with E-state index in [-0.39, 0.29) is 29.1 Å². The van der Waals surface area contributed by atoms with Gasteiger partial charge in [-0.25, -0.2) is 14.2 Å². The van der Waals surface area contributed by atoms with Gasteiger partial charge in [0, 0.05) is 12.3 Å². The first-order chi connectivity index (χ1) is 11.0. The average Bonchev–Trinajstić information content (AvgIpc) is 3.04. The molecule has 0 aliphatic heterocycles. The van der Waals surface area contributed by atoms with Gasteiger partial charge in [-0.1, -0.05) is 16.8 Å². The topological polar surface area (TPSA) is 87.2 Å². The van der Waals surface area contributed by atoms with Gasteiger partial charge in [0.25, 0.3) is 0 Å². The second-order valence-electron chi connectivity index (χ2n) is 4.45. The molecule has 0 bridgehead atoms. The predicted molar refractivity (Wildman–Crippen MR) is 78.3 cm³/mol. The number of pyridine rings is 2. The van der Waals surface area contributed by atoms with Gasteiger partial charge in [-0.15, -0.1) is 0 Å². The first kappa shape index (κ1) is 15.2. The molecule has 0 spiro atoms. The number of ether oxygens (including phenoxy) is 1. The molecule has 9 heteroatoms. The quantitative estimate of drug-likeness (QED) is 0.538. The lowest BCUT2D eigenvalue weighted by molar-refractivity contribution is 0.0524. The van der Waals surface area contributed by atoms with Gasteiger partial charge in [0.15, 0.2) is 16.6 Å². The third kappa shape index (κ3) is 2.57. The molecule has 0 radical (unpaired) electrons. The zero-order valence-corrected chi connectivity index (χ0v) is 12.5. The number of fused-ring (bicyclic) bond motifs is 1. The highest BCUT2D eigenvalue weighted by Crippen LogP contribution is 2.21. The summed E-state index contributed by atoms with van der Waals surface area (Å²) < 4.78 is 24.8. The summed E-state index contributed by atoms with van der Waals surface area (Å²) in [4.78, 5) is 28.2. The van der Waals surface area contributed by atoms with E-state index < -0.39 is 22.4 Å². The van der Waals surface area contributed by atoms with Crippen molar-refractivity contribution in [3.8, 4) is 5.88 Å². The largest absolute Gasteiger partial charge is 0.462 e. The number of carbonyl (C=O) groups is 1. The monoisotopic (exact) mass is 337 g/mol. The normalized spacial score (nSPS) is 10.9. The van der Waals surface area contributed by atoms with Crippen LogP contribution in [0.3, 0.4) is 0 Å². The van der Waals surface area contributed by atoms with Crippen LogP contribution in [0.1, 0.15) is 17.3 Å². The first-order valence-corrected chi connectivity index (χ1v) is 6.90. The van der Waals surface area contributed by atoms with Crippen LogP contribution < -0.4 is 5.43 Å². The van der Waals surface area contributed by atoms with Crippen molar-refractivity contribution >= 4 is 28.6 Å². The third-order valence-electron chi connectivity index (χ3n) is 3.05. The molecule has 0 saturated heterocycles. The number of hydrogen-bond acceptors (Lipinski definition) is 6. The SMILES string of the molecule is CCOC(=O)c1cn(-c2ccno2)c2nc(Cl)c(F)cc2c1=O. The lowest BCUT2D eigenvalue weighted by Gasteiger charge is -2.10. The van der Waals surface area contributed by atoms with E-state index in [1.165, 1.54) is 23.0 Å². The highest BCUT2D eigenvalue weighted by atomic mass is 35.5. The molecule has 3 heterocycles. The van der Waals surface area contributed by atoms with Crippen molar-refractivity contribution in [2.75, 3.05) is 6.61 Å².